The van der Waals surface area contributed by atoms with Crippen LogP contribution in [-0.4, -0.2) is 14.0 Å². The maximum absolute atomic E-state index is 12.5. The lowest BCUT2D eigenvalue weighted by Crippen LogP contribution is -2.24. The first-order valence-corrected chi connectivity index (χ1v) is 5.87. The van der Waals surface area contributed by atoms with Gasteiger partial charge in [0.1, 0.15) is 6.33 Å². The molecule has 3 aromatic rings. The van der Waals surface area contributed by atoms with Crippen LogP contribution in [0.25, 0.3) is 16.6 Å². The molecule has 92 valence electrons. The number of aromatic nitrogens is 3. The van der Waals surface area contributed by atoms with Crippen LogP contribution in [0.2, 0.25) is 0 Å². The van der Waals surface area contributed by atoms with E-state index in [0.717, 1.165) is 11.0 Å². The molecule has 5 heteroatoms. The molecule has 0 bridgehead atoms. The molecule has 3 rings (SSSR count). The van der Waals surface area contributed by atoms with Gasteiger partial charge < -0.3 is 10.3 Å². The molecule has 18 heavy (non-hydrogen) atoms. The van der Waals surface area contributed by atoms with Gasteiger partial charge in [-0.3, -0.25) is 9.20 Å². The second kappa shape index (κ2) is 3.60. The Morgan fingerprint density at radius 2 is 1.89 bits per heavy atom. The van der Waals surface area contributed by atoms with Gasteiger partial charge in [0, 0.05) is 6.04 Å². The standard InChI is InChI=1S/C13H14N4O/c1-8(2)17-10-6-4-3-5-9(10)16-7-15-12(14)11(16)13(17)18/h3-8H,14H2,1-2H3. The maximum atomic E-state index is 12.5. The molecule has 0 aliphatic heterocycles. The molecule has 0 aliphatic rings. The van der Waals surface area contributed by atoms with Crippen LogP contribution >= 0.6 is 0 Å². The monoisotopic (exact) mass is 242 g/mol. The zero-order chi connectivity index (χ0) is 12.9. The number of imidazole rings is 1. The number of nitrogens with two attached hydrogens (primary N) is 1. The number of nitrogens with zero attached hydrogens (tertiary/aromatic N) is 3. The van der Waals surface area contributed by atoms with Crippen molar-refractivity contribution in [3.8, 4) is 0 Å². The van der Waals surface area contributed by atoms with Crippen molar-refractivity contribution in [2.75, 3.05) is 5.73 Å². The van der Waals surface area contributed by atoms with Crippen LogP contribution in [0.5, 0.6) is 0 Å². The minimum Gasteiger partial charge on any atom is -0.382 e. The molecule has 0 fully saturated rings. The molecule has 0 radical (unpaired) electrons. The Kier molecular flexibility index (Phi) is 2.16. The first kappa shape index (κ1) is 10.8. The largest absolute Gasteiger partial charge is 0.382 e. The van der Waals surface area contributed by atoms with Crippen molar-refractivity contribution in [2.24, 2.45) is 0 Å². The average molecular weight is 242 g/mol. The molecule has 0 unspecified atom stereocenters. The Morgan fingerprint density at radius 3 is 2.56 bits per heavy atom. The first-order valence-electron chi connectivity index (χ1n) is 5.87. The van der Waals surface area contributed by atoms with Crippen LogP contribution in [0.1, 0.15) is 19.9 Å². The summed E-state index contributed by atoms with van der Waals surface area (Å²) < 4.78 is 3.51. The van der Waals surface area contributed by atoms with Gasteiger partial charge in [-0.2, -0.15) is 0 Å². The molecule has 0 spiro atoms. The van der Waals surface area contributed by atoms with Crippen LogP contribution in [0.4, 0.5) is 5.82 Å². The summed E-state index contributed by atoms with van der Waals surface area (Å²) in [6.45, 7) is 3.97. The fraction of sp³-hybridized carbons (Fsp3) is 0.231. The van der Waals surface area contributed by atoms with Crippen molar-refractivity contribution in [3.63, 3.8) is 0 Å². The maximum Gasteiger partial charge on any atom is 0.279 e. The van der Waals surface area contributed by atoms with Gasteiger partial charge in [-0.1, -0.05) is 12.1 Å². The Labute approximate surface area is 103 Å². The number of benzene rings is 1. The Bertz CT molecular complexity index is 798. The molecule has 0 atom stereocenters. The Morgan fingerprint density at radius 1 is 1.22 bits per heavy atom. The van der Waals surface area contributed by atoms with Gasteiger partial charge in [-0.05, 0) is 26.0 Å². The van der Waals surface area contributed by atoms with Crippen molar-refractivity contribution in [3.05, 3.63) is 40.9 Å². The summed E-state index contributed by atoms with van der Waals surface area (Å²) in [4.78, 5) is 16.5. The molecule has 5 nitrogen and oxygen atoms in total. The van der Waals surface area contributed by atoms with Gasteiger partial charge in [-0.25, -0.2) is 4.98 Å². The fourth-order valence-corrected chi connectivity index (χ4v) is 2.37. The fourth-order valence-electron chi connectivity index (χ4n) is 2.37. The van der Waals surface area contributed by atoms with Gasteiger partial charge in [0.05, 0.1) is 11.0 Å². The van der Waals surface area contributed by atoms with Crippen molar-refractivity contribution < 1.29 is 0 Å². The lowest BCUT2D eigenvalue weighted by molar-refractivity contribution is 0.601. The van der Waals surface area contributed by atoms with E-state index in [4.69, 9.17) is 5.73 Å². The smallest absolute Gasteiger partial charge is 0.279 e. The highest BCUT2D eigenvalue weighted by Crippen LogP contribution is 2.19. The van der Waals surface area contributed by atoms with E-state index < -0.39 is 0 Å². The van der Waals surface area contributed by atoms with Crippen LogP contribution in [0.15, 0.2) is 35.4 Å². The van der Waals surface area contributed by atoms with E-state index in [1.807, 2.05) is 38.1 Å². The van der Waals surface area contributed by atoms with Crippen molar-refractivity contribution in [1.29, 1.82) is 0 Å². The molecule has 0 saturated heterocycles. The summed E-state index contributed by atoms with van der Waals surface area (Å²) in [6, 6.07) is 7.83. The van der Waals surface area contributed by atoms with E-state index >= 15 is 0 Å². The van der Waals surface area contributed by atoms with E-state index in [2.05, 4.69) is 4.98 Å². The zero-order valence-corrected chi connectivity index (χ0v) is 10.3. The topological polar surface area (TPSA) is 65.3 Å². The number of hydrogen-bond donors (Lipinski definition) is 1. The van der Waals surface area contributed by atoms with Gasteiger partial charge in [0.25, 0.3) is 5.56 Å². The second-order valence-electron chi connectivity index (χ2n) is 4.61. The number of anilines is 1. The van der Waals surface area contributed by atoms with E-state index in [1.54, 1.807) is 15.3 Å². The number of para-hydroxylation sites is 2. The summed E-state index contributed by atoms with van der Waals surface area (Å²) >= 11 is 0. The summed E-state index contributed by atoms with van der Waals surface area (Å²) in [7, 11) is 0. The van der Waals surface area contributed by atoms with E-state index in [-0.39, 0.29) is 17.4 Å². The lowest BCUT2D eigenvalue weighted by atomic mass is 10.2. The molecular formula is C13H14N4O. The Hall–Kier alpha value is -2.30. The SMILES string of the molecule is CC(C)n1c(=O)c2c(N)ncn2c2ccccc21. The number of rotatable bonds is 1. The summed E-state index contributed by atoms with van der Waals surface area (Å²) in [5.74, 6) is 0.278. The molecule has 0 aliphatic carbocycles. The molecule has 2 aromatic heterocycles. The minimum absolute atomic E-state index is 0.0710. The predicted molar refractivity (Wildman–Crippen MR) is 71.8 cm³/mol. The van der Waals surface area contributed by atoms with Crippen LogP contribution in [0, 0.1) is 0 Å². The van der Waals surface area contributed by atoms with Gasteiger partial charge in [0.2, 0.25) is 0 Å². The third-order valence-corrected chi connectivity index (χ3v) is 3.13. The lowest BCUT2D eigenvalue weighted by Gasteiger charge is -2.15. The average Bonchev–Trinajstić information content (AvgIpc) is 2.72. The van der Waals surface area contributed by atoms with E-state index in [0.29, 0.717) is 5.52 Å². The normalized spacial score (nSPS) is 11.7. The molecule has 2 heterocycles. The third-order valence-electron chi connectivity index (χ3n) is 3.13. The minimum atomic E-state index is -0.0984. The molecule has 2 N–H and O–H groups in total. The number of fused-ring (bicyclic) bond motifs is 3. The summed E-state index contributed by atoms with van der Waals surface area (Å²) in [5.41, 5.74) is 7.97. The Balaban J connectivity index is 2.68. The van der Waals surface area contributed by atoms with Crippen LogP contribution < -0.4 is 11.3 Å². The van der Waals surface area contributed by atoms with Gasteiger partial charge >= 0.3 is 0 Å². The van der Waals surface area contributed by atoms with Crippen molar-refractivity contribution in [2.45, 2.75) is 19.9 Å². The number of hydrogen-bond acceptors (Lipinski definition) is 3. The first-order chi connectivity index (χ1) is 8.61. The quantitative estimate of drug-likeness (QED) is 0.707. The number of nitrogen functional groups attached to an aromatic ring is 1. The van der Waals surface area contributed by atoms with Gasteiger partial charge in [-0.15, -0.1) is 0 Å². The molecule has 1 aromatic carbocycles. The van der Waals surface area contributed by atoms with Crippen molar-refractivity contribution >= 4 is 22.4 Å². The second-order valence-corrected chi connectivity index (χ2v) is 4.61. The highest BCUT2D eigenvalue weighted by molar-refractivity contribution is 5.81. The van der Waals surface area contributed by atoms with Crippen molar-refractivity contribution in [1.82, 2.24) is 14.0 Å². The summed E-state index contributed by atoms with van der Waals surface area (Å²) in [6.07, 6.45) is 1.60. The summed E-state index contributed by atoms with van der Waals surface area (Å²) in [5, 5.41) is 0. The predicted octanol–water partition coefficient (Wildman–Crippen LogP) is 1.81. The highest BCUT2D eigenvalue weighted by atomic mass is 16.1. The van der Waals surface area contributed by atoms with Crippen LogP contribution in [0.3, 0.4) is 0 Å². The molecular weight excluding hydrogens is 228 g/mol. The van der Waals surface area contributed by atoms with Gasteiger partial charge in [0.15, 0.2) is 11.3 Å². The molecule has 0 amide bonds. The van der Waals surface area contributed by atoms with E-state index in [9.17, 15) is 4.79 Å². The third kappa shape index (κ3) is 1.27. The zero-order valence-electron chi connectivity index (χ0n) is 10.3. The van der Waals surface area contributed by atoms with Crippen LogP contribution in [-0.2, 0) is 0 Å². The molecule has 0 saturated carbocycles. The van der Waals surface area contributed by atoms with E-state index in [1.165, 1.54) is 0 Å². The highest BCUT2D eigenvalue weighted by Gasteiger charge is 2.15.